The molecule has 3 heterocycles. The molecule has 1 aromatic heterocycles. The van der Waals surface area contributed by atoms with Crippen molar-refractivity contribution in [2.24, 2.45) is 0 Å². The lowest BCUT2D eigenvalue weighted by molar-refractivity contribution is 0.0973. The average Bonchev–Trinajstić information content (AvgIpc) is 3.87. The number of fused-ring (bicyclic) bond motifs is 5. The van der Waals surface area contributed by atoms with Gasteiger partial charge >= 0.3 is 12.2 Å². The van der Waals surface area contributed by atoms with E-state index in [9.17, 15) is 9.59 Å². The molecule has 290 valence electrons. The molecule has 2 unspecified atom stereocenters. The summed E-state index contributed by atoms with van der Waals surface area (Å²) in [6, 6.07) is 37.7. The van der Waals surface area contributed by atoms with Gasteiger partial charge < -0.3 is 24.7 Å². The molecule has 2 N–H and O–H groups in total. The standard InChI is InChI=1S/C46H52N6O4/c1-31(2)44-50-49-43(23-25-47-45(53)56-30-41-39-19-11-9-17-37(39)38-18-10-12-20-40(38)41)52(44)36-27-34-21-22-35(28-36)51(34)26-24-42(33-15-7-4-8-16-33)48-46(54)55-29-32-13-5-3-6-14-32/h3-20,31,34-36,41-42H,21-30H2,1-2H3,(H,47,53)(H,48,54)/t34?,35?,36?,42-/m0/s1. The third kappa shape index (κ3) is 8.21. The van der Waals surface area contributed by atoms with Gasteiger partial charge in [-0.05, 0) is 65.5 Å². The number of hydrogen-bond acceptors (Lipinski definition) is 7. The highest BCUT2D eigenvalue weighted by Gasteiger charge is 2.42. The third-order valence-electron chi connectivity index (χ3n) is 11.9. The minimum atomic E-state index is -0.416. The first kappa shape index (κ1) is 37.4. The van der Waals surface area contributed by atoms with Gasteiger partial charge in [0.05, 0.1) is 6.04 Å². The van der Waals surface area contributed by atoms with Gasteiger partial charge in [-0.2, -0.15) is 0 Å². The van der Waals surface area contributed by atoms with E-state index in [4.69, 9.17) is 9.47 Å². The maximum Gasteiger partial charge on any atom is 0.407 e. The van der Waals surface area contributed by atoms with Crippen LogP contribution in [-0.2, 0) is 22.5 Å². The summed E-state index contributed by atoms with van der Waals surface area (Å²) in [5, 5.41) is 15.5. The summed E-state index contributed by atoms with van der Waals surface area (Å²) in [7, 11) is 0. The number of amides is 2. The Bertz CT molecular complexity index is 2040. The van der Waals surface area contributed by atoms with Gasteiger partial charge in [-0.1, -0.05) is 123 Å². The monoisotopic (exact) mass is 752 g/mol. The topological polar surface area (TPSA) is 111 Å². The molecular formula is C46H52N6O4. The van der Waals surface area contributed by atoms with Crippen LogP contribution in [0.3, 0.4) is 0 Å². The minimum Gasteiger partial charge on any atom is -0.449 e. The van der Waals surface area contributed by atoms with Crippen LogP contribution in [0.15, 0.2) is 109 Å². The molecule has 0 saturated carbocycles. The van der Waals surface area contributed by atoms with Crippen molar-refractivity contribution in [1.29, 1.82) is 0 Å². The molecule has 2 aliphatic heterocycles. The Balaban J connectivity index is 0.867. The zero-order valence-electron chi connectivity index (χ0n) is 32.3. The van der Waals surface area contributed by atoms with Crippen LogP contribution in [0.4, 0.5) is 9.59 Å². The normalized spacial score (nSPS) is 19.3. The van der Waals surface area contributed by atoms with Gasteiger partial charge in [-0.3, -0.25) is 4.90 Å². The molecule has 0 spiro atoms. The number of aromatic nitrogens is 3. The average molecular weight is 753 g/mol. The molecule has 0 radical (unpaired) electrons. The van der Waals surface area contributed by atoms with E-state index in [0.29, 0.717) is 25.0 Å². The first-order valence-corrected chi connectivity index (χ1v) is 20.2. The Morgan fingerprint density at radius 2 is 1.38 bits per heavy atom. The van der Waals surface area contributed by atoms with Crippen LogP contribution in [0.1, 0.15) is 104 Å². The van der Waals surface area contributed by atoms with Crippen molar-refractivity contribution in [3.63, 3.8) is 0 Å². The maximum atomic E-state index is 13.0. The number of nitrogens with one attached hydrogen (secondary N) is 2. The smallest absolute Gasteiger partial charge is 0.407 e. The summed E-state index contributed by atoms with van der Waals surface area (Å²) in [6.07, 6.45) is 4.89. The molecule has 10 heteroatoms. The number of carbonyl (C=O) groups excluding carboxylic acids is 2. The predicted octanol–water partition coefficient (Wildman–Crippen LogP) is 8.71. The van der Waals surface area contributed by atoms with E-state index >= 15 is 0 Å². The van der Waals surface area contributed by atoms with Gasteiger partial charge in [0.25, 0.3) is 0 Å². The minimum absolute atomic E-state index is 0.0213. The fourth-order valence-electron chi connectivity index (χ4n) is 9.24. The van der Waals surface area contributed by atoms with Crippen LogP contribution in [0.2, 0.25) is 0 Å². The lowest BCUT2D eigenvalue weighted by atomic mass is 9.95. The van der Waals surface area contributed by atoms with E-state index in [1.165, 1.54) is 22.3 Å². The molecule has 4 aromatic carbocycles. The van der Waals surface area contributed by atoms with E-state index < -0.39 is 12.2 Å². The highest BCUT2D eigenvalue weighted by molar-refractivity contribution is 5.79. The van der Waals surface area contributed by atoms with Crippen molar-refractivity contribution in [3.8, 4) is 11.1 Å². The second kappa shape index (κ2) is 17.1. The van der Waals surface area contributed by atoms with Crippen LogP contribution in [0, 0.1) is 0 Å². The predicted molar refractivity (Wildman–Crippen MR) is 216 cm³/mol. The van der Waals surface area contributed by atoms with Crippen molar-refractivity contribution < 1.29 is 19.1 Å². The van der Waals surface area contributed by atoms with Gasteiger partial charge in [0.2, 0.25) is 0 Å². The molecule has 2 fully saturated rings. The summed E-state index contributed by atoms with van der Waals surface area (Å²) >= 11 is 0. The number of rotatable bonds is 14. The van der Waals surface area contributed by atoms with Crippen molar-refractivity contribution in [1.82, 2.24) is 30.3 Å². The van der Waals surface area contributed by atoms with Crippen LogP contribution in [-0.4, -0.2) is 63.6 Å². The van der Waals surface area contributed by atoms with E-state index in [1.54, 1.807) is 0 Å². The van der Waals surface area contributed by atoms with Crippen LogP contribution >= 0.6 is 0 Å². The number of hydrogen-bond donors (Lipinski definition) is 2. The Labute approximate surface area is 329 Å². The lowest BCUT2D eigenvalue weighted by Crippen LogP contribution is -2.45. The molecule has 3 aliphatic rings. The summed E-state index contributed by atoms with van der Waals surface area (Å²) in [5.74, 6) is 2.16. The highest BCUT2D eigenvalue weighted by Crippen LogP contribution is 2.45. The Kier molecular flexibility index (Phi) is 11.4. The Morgan fingerprint density at radius 1 is 0.750 bits per heavy atom. The van der Waals surface area contributed by atoms with Gasteiger partial charge in [-0.25, -0.2) is 9.59 Å². The largest absolute Gasteiger partial charge is 0.449 e. The van der Waals surface area contributed by atoms with Crippen LogP contribution in [0.5, 0.6) is 0 Å². The maximum absolute atomic E-state index is 13.0. The number of nitrogens with zero attached hydrogens (tertiary/aromatic N) is 4. The number of carbonyl (C=O) groups is 2. The Morgan fingerprint density at radius 3 is 2.04 bits per heavy atom. The van der Waals surface area contributed by atoms with E-state index in [1.807, 2.05) is 60.7 Å². The molecule has 10 nitrogen and oxygen atoms in total. The first-order chi connectivity index (χ1) is 27.4. The second-order valence-corrected chi connectivity index (χ2v) is 15.7. The molecule has 5 aromatic rings. The van der Waals surface area contributed by atoms with E-state index in [-0.39, 0.29) is 37.1 Å². The summed E-state index contributed by atoms with van der Waals surface area (Å²) < 4.78 is 13.8. The number of benzene rings is 4. The lowest BCUT2D eigenvalue weighted by Gasteiger charge is -2.40. The number of alkyl carbamates (subject to hydrolysis) is 2. The van der Waals surface area contributed by atoms with Crippen molar-refractivity contribution in [2.45, 2.75) is 95.0 Å². The molecule has 1 aliphatic carbocycles. The fourth-order valence-corrected chi connectivity index (χ4v) is 9.24. The van der Waals surface area contributed by atoms with Crippen LogP contribution in [0.25, 0.3) is 11.1 Å². The van der Waals surface area contributed by atoms with Crippen molar-refractivity contribution in [2.75, 3.05) is 19.7 Å². The molecule has 2 bridgehead atoms. The molecular weight excluding hydrogens is 701 g/mol. The SMILES string of the molecule is CC(C)c1nnc(CCNC(=O)OCC2c3ccccc3-c3ccccc32)n1C1CC2CCC(C1)N2CC[C@H](NC(=O)OCc1ccccc1)c1ccccc1. The van der Waals surface area contributed by atoms with Crippen LogP contribution < -0.4 is 10.6 Å². The van der Waals surface area contributed by atoms with Gasteiger partial charge in [0.15, 0.2) is 0 Å². The summed E-state index contributed by atoms with van der Waals surface area (Å²) in [6.45, 7) is 6.17. The molecule has 56 heavy (non-hydrogen) atoms. The molecule has 8 rings (SSSR count). The number of ether oxygens (including phenoxy) is 2. The fraction of sp³-hybridized carbons (Fsp3) is 0.391. The highest BCUT2D eigenvalue weighted by atomic mass is 16.6. The summed E-state index contributed by atoms with van der Waals surface area (Å²) in [5.41, 5.74) is 6.85. The molecule has 2 amide bonds. The summed E-state index contributed by atoms with van der Waals surface area (Å²) in [4.78, 5) is 28.6. The molecule has 3 atom stereocenters. The third-order valence-corrected chi connectivity index (χ3v) is 11.9. The van der Waals surface area contributed by atoms with E-state index in [0.717, 1.165) is 61.4 Å². The van der Waals surface area contributed by atoms with Crippen molar-refractivity contribution in [3.05, 3.63) is 143 Å². The zero-order chi connectivity index (χ0) is 38.4. The van der Waals surface area contributed by atoms with Crippen molar-refractivity contribution >= 4 is 12.2 Å². The first-order valence-electron chi connectivity index (χ1n) is 20.2. The number of piperidine rings is 1. The van der Waals surface area contributed by atoms with Gasteiger partial charge in [0.1, 0.15) is 24.9 Å². The van der Waals surface area contributed by atoms with Gasteiger partial charge in [-0.15, -0.1) is 10.2 Å². The quantitative estimate of drug-likeness (QED) is 0.117. The second-order valence-electron chi connectivity index (χ2n) is 15.7. The zero-order valence-corrected chi connectivity index (χ0v) is 32.3. The van der Waals surface area contributed by atoms with E-state index in [2.05, 4.69) is 92.7 Å². The molecule has 2 saturated heterocycles. The Hall–Kier alpha value is -5.48. The van der Waals surface area contributed by atoms with Gasteiger partial charge in [0, 0.05) is 49.5 Å².